The van der Waals surface area contributed by atoms with Crippen LogP contribution in [0.2, 0.25) is 0 Å². The number of esters is 6. The van der Waals surface area contributed by atoms with Gasteiger partial charge in [-0.3, -0.25) is 28.8 Å². The molecule has 0 amide bonds. The van der Waals surface area contributed by atoms with Gasteiger partial charge in [-0.05, 0) is 108 Å². The van der Waals surface area contributed by atoms with Crippen molar-refractivity contribution in [3.63, 3.8) is 0 Å². The molecule has 6 aromatic rings. The Hall–Kier alpha value is -10.2. The van der Waals surface area contributed by atoms with E-state index in [9.17, 15) is 28.8 Å². The Morgan fingerprint density at radius 1 is 0.486 bits per heavy atom. The molecule has 0 N–H and O–H groups in total. The molecule has 2 aliphatic carbocycles. The van der Waals surface area contributed by atoms with Gasteiger partial charge in [0.1, 0.15) is 30.2 Å². The van der Waals surface area contributed by atoms with E-state index in [1.54, 1.807) is 49.5 Å². The van der Waals surface area contributed by atoms with Gasteiger partial charge in [0.25, 0.3) is 0 Å². The number of hydrogen-bond acceptors (Lipinski definition) is 30. The van der Waals surface area contributed by atoms with E-state index in [2.05, 4.69) is 20.6 Å². The number of aromatic nitrogens is 6. The molecule has 7 aliphatic rings. The highest BCUT2D eigenvalue weighted by Crippen LogP contribution is 2.59. The molecule has 13 rings (SSSR count). The number of carbonyl (C=O) groups excluding carboxylic acids is 6. The van der Waals surface area contributed by atoms with Crippen molar-refractivity contribution in [2.24, 2.45) is 23.7 Å². The van der Waals surface area contributed by atoms with Crippen LogP contribution in [0.25, 0.3) is 0 Å². The quantitative estimate of drug-likeness (QED) is 0.0280. The second kappa shape index (κ2) is 33.3. The smallest absolute Gasteiger partial charge is 0.310 e. The molecule has 574 valence electrons. The summed E-state index contributed by atoms with van der Waals surface area (Å²) in [5.41, 5.74) is 5.12. The number of rotatable bonds is 33. The lowest BCUT2D eigenvalue weighted by atomic mass is 9.65. The molecule has 0 spiro atoms. The third-order valence-electron chi connectivity index (χ3n) is 20.1. The Labute approximate surface area is 616 Å². The van der Waals surface area contributed by atoms with E-state index in [1.807, 2.05) is 48.5 Å². The maximum atomic E-state index is 14.2. The third-order valence-corrected chi connectivity index (χ3v) is 20.1. The molecule has 5 aliphatic heterocycles. The number of cyclic esters (lactones) is 2. The highest BCUT2D eigenvalue weighted by molar-refractivity contribution is 5.80. The van der Waals surface area contributed by atoms with Crippen molar-refractivity contribution >= 4 is 35.8 Å². The van der Waals surface area contributed by atoms with Gasteiger partial charge in [-0.1, -0.05) is 38.1 Å². The van der Waals surface area contributed by atoms with Gasteiger partial charge in [-0.25, -0.2) is 9.36 Å². The second-order valence-electron chi connectivity index (χ2n) is 26.8. The van der Waals surface area contributed by atoms with Crippen molar-refractivity contribution in [1.82, 2.24) is 30.0 Å². The van der Waals surface area contributed by atoms with Crippen molar-refractivity contribution in [2.45, 2.75) is 153 Å². The summed E-state index contributed by atoms with van der Waals surface area (Å²) < 4.78 is 124. The van der Waals surface area contributed by atoms with Gasteiger partial charge in [0.15, 0.2) is 70.6 Å². The van der Waals surface area contributed by atoms with Gasteiger partial charge in [0.2, 0.25) is 25.1 Å². The van der Waals surface area contributed by atoms with Crippen LogP contribution in [0.4, 0.5) is 0 Å². The second-order valence-corrected chi connectivity index (χ2v) is 26.8. The Morgan fingerprint density at radius 2 is 0.879 bits per heavy atom. The molecule has 0 bridgehead atoms. The molecule has 107 heavy (non-hydrogen) atoms. The van der Waals surface area contributed by atoms with Crippen molar-refractivity contribution < 1.29 is 124 Å². The van der Waals surface area contributed by atoms with E-state index < -0.39 is 127 Å². The van der Waals surface area contributed by atoms with Crippen LogP contribution in [0, 0.1) is 23.7 Å². The molecule has 3 fully saturated rings. The van der Waals surface area contributed by atoms with Gasteiger partial charge in [-0.15, -0.1) is 10.2 Å². The van der Waals surface area contributed by atoms with Crippen molar-refractivity contribution in [3.8, 4) is 57.5 Å². The van der Waals surface area contributed by atoms with E-state index in [1.165, 1.54) is 42.7 Å². The number of hydrogen-bond donors (Lipinski definition) is 0. The average Bonchev–Trinajstić information content (AvgIpc) is 1.66. The van der Waals surface area contributed by atoms with Crippen molar-refractivity contribution in [1.29, 1.82) is 0 Å². The first kappa shape index (κ1) is 75.1. The summed E-state index contributed by atoms with van der Waals surface area (Å²) >= 11 is 0. The Balaban J connectivity index is 0.820. The number of benzene rings is 4. The van der Waals surface area contributed by atoms with Gasteiger partial charge in [-0.2, -0.15) is 0 Å². The monoisotopic (exact) mass is 1490 g/mol. The van der Waals surface area contributed by atoms with E-state index in [0.717, 1.165) is 22.3 Å². The topological polar surface area (TPSA) is 348 Å². The molecule has 13 atom stereocenters. The van der Waals surface area contributed by atoms with Crippen LogP contribution in [0.3, 0.4) is 0 Å². The van der Waals surface area contributed by atoms with Crippen LogP contribution >= 0.6 is 0 Å². The first-order chi connectivity index (χ1) is 52.0. The lowest BCUT2D eigenvalue weighted by Crippen LogP contribution is -2.63. The standard InChI is InChI=1S/C75H88N6O26/c1-11-15-58(82)96-35-57-70(105-59(83)16-12-2)71(106-60(84)17-13-3)72(107-61(85)18-14-4)75(104-57)103-42(31-94-29-40-27-80(78-76-40)66-45-25-51-49(99-36-101-51)23-43(45)62(64-47(66)33-97-73(64)86)38-19-53(88-5)68(92-9)54(20-38)89-6)32-95-30-41-28-81(79-77-41)67-46-26-52-50(100-37-102-52)24-44(46)63(65-48(67)34-98-74(65)87)39-21-55(90-7)69(93-10)56(22-39)91-8/h19-28,42,47-48,57,62-67,70-72,75H,11-18,29-37H2,1-10H3/t47-,48-,57+,62+,63+,64-,65-,66-,67-,70+,71-,72+,75+/m0/s1. The fourth-order valence-corrected chi connectivity index (χ4v) is 15.5. The third kappa shape index (κ3) is 15.3. The summed E-state index contributed by atoms with van der Waals surface area (Å²) in [6, 6.07) is 13.5. The van der Waals surface area contributed by atoms with E-state index in [-0.39, 0.29) is 78.9 Å². The van der Waals surface area contributed by atoms with Crippen molar-refractivity contribution in [3.05, 3.63) is 106 Å². The molecule has 0 saturated carbocycles. The maximum Gasteiger partial charge on any atom is 0.310 e. The number of carbonyl (C=O) groups is 6. The van der Waals surface area contributed by atoms with E-state index >= 15 is 0 Å². The van der Waals surface area contributed by atoms with Crippen LogP contribution in [-0.2, 0) is 89.3 Å². The molecule has 0 radical (unpaired) electrons. The molecule has 3 saturated heterocycles. The molecular formula is C75H88N6O26. The van der Waals surface area contributed by atoms with Gasteiger partial charge in [0, 0.05) is 49.4 Å². The average molecular weight is 1490 g/mol. The van der Waals surface area contributed by atoms with Gasteiger partial charge >= 0.3 is 35.8 Å². The minimum atomic E-state index is -1.64. The largest absolute Gasteiger partial charge is 0.493 e. The summed E-state index contributed by atoms with van der Waals surface area (Å²) in [5.74, 6) is -2.84. The maximum absolute atomic E-state index is 14.2. The van der Waals surface area contributed by atoms with Gasteiger partial charge in [0.05, 0.1) is 119 Å². The fraction of sp³-hybridized carbons (Fsp3) is 0.547. The van der Waals surface area contributed by atoms with E-state index in [0.29, 0.717) is 106 Å². The van der Waals surface area contributed by atoms with Crippen LogP contribution in [-0.4, -0.2) is 192 Å². The molecular weight excluding hydrogens is 1400 g/mol. The van der Waals surface area contributed by atoms with Gasteiger partial charge < -0.3 is 94.7 Å². The highest BCUT2D eigenvalue weighted by Gasteiger charge is 2.57. The zero-order valence-corrected chi connectivity index (χ0v) is 61.2. The minimum Gasteiger partial charge on any atom is -0.493 e. The molecule has 2 aromatic heterocycles. The zero-order chi connectivity index (χ0) is 75.2. The number of methoxy groups -OCH3 is 6. The Bertz CT molecular complexity index is 3980. The molecule has 7 heterocycles. The summed E-state index contributed by atoms with van der Waals surface area (Å²) in [6.07, 6.45) is -3.88. The highest BCUT2D eigenvalue weighted by atomic mass is 16.7. The van der Waals surface area contributed by atoms with Crippen LogP contribution < -0.4 is 47.4 Å². The molecule has 32 heteroatoms. The first-order valence-corrected chi connectivity index (χ1v) is 35.9. The zero-order valence-electron chi connectivity index (χ0n) is 61.2. The summed E-state index contributed by atoms with van der Waals surface area (Å²) in [7, 11) is 9.11. The lowest BCUT2D eigenvalue weighted by Gasteiger charge is -2.45. The summed E-state index contributed by atoms with van der Waals surface area (Å²) in [5, 5.41) is 18.5. The van der Waals surface area contributed by atoms with Crippen molar-refractivity contribution in [2.75, 3.05) is 89.3 Å². The molecule has 0 unspecified atom stereocenters. The normalized spacial score (nSPS) is 24.1. The summed E-state index contributed by atoms with van der Waals surface area (Å²) in [4.78, 5) is 82.7. The first-order valence-electron chi connectivity index (χ1n) is 35.9. The lowest BCUT2D eigenvalue weighted by molar-refractivity contribution is -0.322. The Kier molecular flexibility index (Phi) is 23.4. The van der Waals surface area contributed by atoms with Crippen LogP contribution in [0.5, 0.6) is 57.5 Å². The number of fused-ring (bicyclic) bond motifs is 6. The number of ether oxygens (including phenoxy) is 20. The van der Waals surface area contributed by atoms with Crippen LogP contribution in [0.1, 0.15) is 148 Å². The Morgan fingerprint density at radius 3 is 1.28 bits per heavy atom. The predicted octanol–water partition coefficient (Wildman–Crippen LogP) is 7.75. The molecule has 4 aromatic carbocycles. The predicted molar refractivity (Wildman–Crippen MR) is 366 cm³/mol. The summed E-state index contributed by atoms with van der Waals surface area (Å²) in [6.45, 7) is 5.75. The fourth-order valence-electron chi connectivity index (χ4n) is 15.5. The van der Waals surface area contributed by atoms with E-state index in [4.69, 9.17) is 94.7 Å². The SMILES string of the molecule is CCCC(=O)OC[C@H]1O[C@@H](OC(COCc2cn([C@H]3c4cc5c(cc4[C@@H](c4cc(OC)c(OC)c(OC)c4)[C@H]4C(=O)OC[C@@H]43)OCO5)nn2)COCc2cn([C@H]3c4cc5c(cc4[C@@H](c4cc(OC)c(OC)c(OC)c4)[C@H]4C(=O)OC[C@@H]43)OCO5)nn2)[C@H](OC(=O)CCC)[C@@H](OC(=O)CCC)[C@@H]1OC(=O)CCC. The minimum absolute atomic E-state index is 0.0174. The van der Waals surface area contributed by atoms with Crippen LogP contribution in [0.15, 0.2) is 60.9 Å². The number of nitrogens with zero attached hydrogens (tertiary/aromatic N) is 6. The molecule has 32 nitrogen and oxygen atoms in total.